The number of nitrogens with zero attached hydrogens (tertiary/aromatic N) is 3. The van der Waals surface area contributed by atoms with Crippen LogP contribution in [0.3, 0.4) is 0 Å². The quantitative estimate of drug-likeness (QED) is 0.837. The summed E-state index contributed by atoms with van der Waals surface area (Å²) in [4.78, 5) is 4.31. The van der Waals surface area contributed by atoms with Crippen LogP contribution in [-0.4, -0.2) is 15.2 Å². The molecule has 0 saturated heterocycles. The van der Waals surface area contributed by atoms with Gasteiger partial charge >= 0.3 is 0 Å². The van der Waals surface area contributed by atoms with E-state index in [2.05, 4.69) is 20.5 Å². The lowest BCUT2D eigenvalue weighted by atomic mass is 10.2. The third-order valence-electron chi connectivity index (χ3n) is 2.51. The summed E-state index contributed by atoms with van der Waals surface area (Å²) in [6.07, 6.45) is 0. The van der Waals surface area contributed by atoms with Crippen LogP contribution in [0.25, 0.3) is 0 Å². The number of hydrogen-bond donors (Lipinski definition) is 2. The van der Waals surface area contributed by atoms with Gasteiger partial charge in [-0.3, -0.25) is 0 Å². The highest BCUT2D eigenvalue weighted by Crippen LogP contribution is 2.14. The van der Waals surface area contributed by atoms with Crippen LogP contribution in [0, 0.1) is 13.8 Å². The average Bonchev–Trinajstić information content (AvgIpc) is 2.34. The highest BCUT2D eigenvalue weighted by atomic mass is 15.2. The van der Waals surface area contributed by atoms with E-state index < -0.39 is 0 Å². The van der Waals surface area contributed by atoms with Gasteiger partial charge in [0, 0.05) is 12.2 Å². The molecule has 0 radical (unpaired) electrons. The summed E-state index contributed by atoms with van der Waals surface area (Å²) in [5.74, 6) is 0.502. The first-order valence-electron chi connectivity index (χ1n) is 5.43. The van der Waals surface area contributed by atoms with Gasteiger partial charge in [-0.1, -0.05) is 12.1 Å². The Hall–Kier alpha value is -2.01. The van der Waals surface area contributed by atoms with Gasteiger partial charge in [-0.15, -0.1) is 5.10 Å². The Kier molecular flexibility index (Phi) is 3.30. The first kappa shape index (κ1) is 11.5. The second-order valence-electron chi connectivity index (χ2n) is 3.84. The number of rotatable bonds is 3. The summed E-state index contributed by atoms with van der Waals surface area (Å²) < 4.78 is 0. The summed E-state index contributed by atoms with van der Waals surface area (Å²) in [5.41, 5.74) is 9.27. The number of nitrogens with one attached hydrogen (secondary N) is 1. The lowest BCUT2D eigenvalue weighted by Gasteiger charge is -2.06. The van der Waals surface area contributed by atoms with Gasteiger partial charge in [0.2, 0.25) is 5.95 Å². The molecule has 3 N–H and O–H groups in total. The van der Waals surface area contributed by atoms with Crippen LogP contribution in [0.15, 0.2) is 24.3 Å². The van der Waals surface area contributed by atoms with Crippen molar-refractivity contribution in [1.29, 1.82) is 0 Å². The Labute approximate surface area is 100 Å². The van der Waals surface area contributed by atoms with Crippen LogP contribution in [0.5, 0.6) is 0 Å². The largest absolute Gasteiger partial charge is 0.326 e. The highest BCUT2D eigenvalue weighted by molar-refractivity contribution is 5.54. The minimum atomic E-state index is 0.502. The van der Waals surface area contributed by atoms with Crippen LogP contribution in [0.4, 0.5) is 11.6 Å². The molecule has 0 fully saturated rings. The van der Waals surface area contributed by atoms with Gasteiger partial charge in [-0.2, -0.15) is 5.10 Å². The summed E-state index contributed by atoms with van der Waals surface area (Å²) in [6.45, 7) is 4.31. The van der Waals surface area contributed by atoms with E-state index in [0.29, 0.717) is 12.5 Å². The van der Waals surface area contributed by atoms with Crippen molar-refractivity contribution in [3.05, 3.63) is 41.2 Å². The van der Waals surface area contributed by atoms with Gasteiger partial charge in [0.1, 0.15) is 0 Å². The van der Waals surface area contributed by atoms with Crippen molar-refractivity contribution in [2.75, 3.05) is 5.32 Å². The summed E-state index contributed by atoms with van der Waals surface area (Å²) in [7, 11) is 0. The molecule has 0 aliphatic rings. The molecule has 2 aromatic rings. The molecule has 5 nitrogen and oxygen atoms in total. The molecule has 0 aliphatic carbocycles. The normalized spacial score (nSPS) is 10.3. The van der Waals surface area contributed by atoms with Crippen molar-refractivity contribution in [1.82, 2.24) is 15.2 Å². The van der Waals surface area contributed by atoms with Crippen molar-refractivity contribution >= 4 is 11.6 Å². The fourth-order valence-corrected chi connectivity index (χ4v) is 1.41. The van der Waals surface area contributed by atoms with Crippen molar-refractivity contribution in [3.8, 4) is 0 Å². The number of nitrogens with two attached hydrogens (primary N) is 1. The maximum Gasteiger partial charge on any atom is 0.247 e. The third-order valence-corrected chi connectivity index (χ3v) is 2.51. The van der Waals surface area contributed by atoms with E-state index in [-0.39, 0.29) is 0 Å². The zero-order chi connectivity index (χ0) is 12.3. The molecule has 0 atom stereocenters. The Morgan fingerprint density at radius 1 is 1.18 bits per heavy atom. The SMILES string of the molecule is Cc1nnc(Nc2cccc(CN)c2)nc1C. The minimum absolute atomic E-state index is 0.502. The number of aryl methyl sites for hydroxylation is 2. The summed E-state index contributed by atoms with van der Waals surface area (Å²) in [6, 6.07) is 7.83. The molecule has 1 aromatic heterocycles. The molecule has 88 valence electrons. The van der Waals surface area contributed by atoms with E-state index in [0.717, 1.165) is 22.6 Å². The second kappa shape index (κ2) is 4.88. The summed E-state index contributed by atoms with van der Waals surface area (Å²) >= 11 is 0. The number of aromatic nitrogens is 3. The standard InChI is InChI=1S/C12H15N5/c1-8-9(2)16-17-12(14-8)15-11-5-3-4-10(6-11)7-13/h3-6H,7,13H2,1-2H3,(H,14,15,17). The molecule has 0 spiro atoms. The Morgan fingerprint density at radius 2 is 2.00 bits per heavy atom. The smallest absolute Gasteiger partial charge is 0.247 e. The lowest BCUT2D eigenvalue weighted by Crippen LogP contribution is -2.03. The minimum Gasteiger partial charge on any atom is -0.326 e. The van der Waals surface area contributed by atoms with Gasteiger partial charge < -0.3 is 11.1 Å². The van der Waals surface area contributed by atoms with Gasteiger partial charge in [-0.05, 0) is 31.5 Å². The molecule has 2 rings (SSSR count). The van der Waals surface area contributed by atoms with Gasteiger partial charge in [0.05, 0.1) is 11.4 Å². The number of anilines is 2. The Bertz CT molecular complexity index is 524. The molecule has 0 aliphatic heterocycles. The van der Waals surface area contributed by atoms with E-state index in [4.69, 9.17) is 5.73 Å². The van der Waals surface area contributed by atoms with Crippen LogP contribution < -0.4 is 11.1 Å². The van der Waals surface area contributed by atoms with Crippen LogP contribution in [0.2, 0.25) is 0 Å². The molecule has 17 heavy (non-hydrogen) atoms. The molecule has 0 amide bonds. The molecule has 1 aromatic carbocycles. The van der Waals surface area contributed by atoms with E-state index in [1.165, 1.54) is 0 Å². The molecule has 0 saturated carbocycles. The zero-order valence-electron chi connectivity index (χ0n) is 9.94. The monoisotopic (exact) mass is 229 g/mol. The predicted octanol–water partition coefficient (Wildman–Crippen LogP) is 1.69. The molecular weight excluding hydrogens is 214 g/mol. The average molecular weight is 229 g/mol. The van der Waals surface area contributed by atoms with Gasteiger partial charge in [-0.25, -0.2) is 4.98 Å². The maximum absolute atomic E-state index is 5.58. The van der Waals surface area contributed by atoms with Crippen molar-refractivity contribution < 1.29 is 0 Å². The summed E-state index contributed by atoms with van der Waals surface area (Å²) in [5, 5.41) is 11.1. The second-order valence-corrected chi connectivity index (χ2v) is 3.84. The first-order chi connectivity index (χ1) is 8.19. The van der Waals surface area contributed by atoms with E-state index in [1.807, 2.05) is 38.1 Å². The van der Waals surface area contributed by atoms with Crippen molar-refractivity contribution in [2.45, 2.75) is 20.4 Å². The fourth-order valence-electron chi connectivity index (χ4n) is 1.41. The topological polar surface area (TPSA) is 76.7 Å². The van der Waals surface area contributed by atoms with Crippen LogP contribution in [0.1, 0.15) is 17.0 Å². The molecule has 1 heterocycles. The van der Waals surface area contributed by atoms with Crippen molar-refractivity contribution in [3.63, 3.8) is 0 Å². The van der Waals surface area contributed by atoms with Gasteiger partial charge in [0.25, 0.3) is 0 Å². The molecule has 0 unspecified atom stereocenters. The van der Waals surface area contributed by atoms with Gasteiger partial charge in [0.15, 0.2) is 0 Å². The third kappa shape index (κ3) is 2.76. The molecule has 5 heteroatoms. The highest BCUT2D eigenvalue weighted by Gasteiger charge is 2.02. The van der Waals surface area contributed by atoms with Crippen LogP contribution in [-0.2, 0) is 6.54 Å². The van der Waals surface area contributed by atoms with Crippen molar-refractivity contribution in [2.24, 2.45) is 5.73 Å². The Balaban J connectivity index is 2.22. The van der Waals surface area contributed by atoms with E-state index in [1.54, 1.807) is 0 Å². The predicted molar refractivity (Wildman–Crippen MR) is 66.9 cm³/mol. The molecule has 0 bridgehead atoms. The lowest BCUT2D eigenvalue weighted by molar-refractivity contribution is 0.904. The van der Waals surface area contributed by atoms with E-state index >= 15 is 0 Å². The van der Waals surface area contributed by atoms with E-state index in [9.17, 15) is 0 Å². The molecular formula is C12H15N5. The maximum atomic E-state index is 5.58. The Morgan fingerprint density at radius 3 is 2.71 bits per heavy atom. The number of hydrogen-bond acceptors (Lipinski definition) is 5. The number of benzene rings is 1. The zero-order valence-corrected chi connectivity index (χ0v) is 9.94. The first-order valence-corrected chi connectivity index (χ1v) is 5.43. The van der Waals surface area contributed by atoms with Crippen LogP contribution >= 0.6 is 0 Å². The fraction of sp³-hybridized carbons (Fsp3) is 0.250.